The molecule has 138 valence electrons. The average molecular weight is 366 g/mol. The highest BCUT2D eigenvalue weighted by Crippen LogP contribution is 2.18. The fourth-order valence-electron chi connectivity index (χ4n) is 2.48. The minimum atomic E-state index is -0.485. The third-order valence-electron chi connectivity index (χ3n) is 3.72. The molecule has 0 unspecified atom stereocenters. The summed E-state index contributed by atoms with van der Waals surface area (Å²) in [6.07, 6.45) is 0. The number of ether oxygens (including phenoxy) is 1. The van der Waals surface area contributed by atoms with E-state index in [2.05, 4.69) is 10.6 Å². The highest BCUT2D eigenvalue weighted by molar-refractivity contribution is 6.00. The lowest BCUT2D eigenvalue weighted by Crippen LogP contribution is -2.32. The van der Waals surface area contributed by atoms with Crippen molar-refractivity contribution in [2.24, 2.45) is 0 Å². The Morgan fingerprint density at radius 1 is 1.04 bits per heavy atom. The maximum Gasteiger partial charge on any atom is 0.338 e. The largest absolute Gasteiger partial charge is 0.462 e. The molecule has 7 nitrogen and oxygen atoms in total. The van der Waals surface area contributed by atoms with Gasteiger partial charge in [0.1, 0.15) is 5.58 Å². The predicted octanol–water partition coefficient (Wildman–Crippen LogP) is 2.98. The van der Waals surface area contributed by atoms with E-state index in [4.69, 9.17) is 9.15 Å². The van der Waals surface area contributed by atoms with Crippen LogP contribution in [0.1, 0.15) is 27.8 Å². The van der Waals surface area contributed by atoms with Crippen LogP contribution in [-0.4, -0.2) is 30.9 Å². The molecule has 0 saturated heterocycles. The van der Waals surface area contributed by atoms with E-state index in [1.165, 1.54) is 6.07 Å². The number of rotatable bonds is 6. The summed E-state index contributed by atoms with van der Waals surface area (Å²) < 4.78 is 10.4. The lowest BCUT2D eigenvalue weighted by Gasteiger charge is -2.08. The molecule has 3 aromatic rings. The molecule has 0 saturated carbocycles. The molecule has 0 aliphatic rings. The summed E-state index contributed by atoms with van der Waals surface area (Å²) in [5, 5.41) is 5.93. The number of hydrogen-bond donors (Lipinski definition) is 2. The van der Waals surface area contributed by atoms with Crippen LogP contribution in [0.4, 0.5) is 5.69 Å². The van der Waals surface area contributed by atoms with Gasteiger partial charge < -0.3 is 19.8 Å². The molecule has 0 fully saturated rings. The Morgan fingerprint density at radius 2 is 1.85 bits per heavy atom. The summed E-state index contributed by atoms with van der Waals surface area (Å²) in [5.74, 6) is -1.25. The van der Waals surface area contributed by atoms with Crippen molar-refractivity contribution in [2.45, 2.75) is 6.92 Å². The Labute approximate surface area is 155 Å². The molecule has 0 bridgehead atoms. The van der Waals surface area contributed by atoms with Crippen LogP contribution in [-0.2, 0) is 9.53 Å². The molecule has 0 aliphatic carbocycles. The van der Waals surface area contributed by atoms with Crippen LogP contribution in [0.5, 0.6) is 0 Å². The number of nitrogens with one attached hydrogen (secondary N) is 2. The van der Waals surface area contributed by atoms with Gasteiger partial charge in [-0.1, -0.05) is 24.3 Å². The van der Waals surface area contributed by atoms with Crippen molar-refractivity contribution < 1.29 is 23.5 Å². The number of carbonyl (C=O) groups is 3. The molecular formula is C20H18N2O5. The third kappa shape index (κ3) is 4.52. The standard InChI is InChI=1S/C20H18N2O5/c1-2-26-20(25)14-7-5-8-15(10-14)22-18(23)12-21-19(24)17-11-13-6-3-4-9-16(13)27-17/h3-11H,2,12H2,1H3,(H,21,24)(H,22,23). The van der Waals surface area contributed by atoms with Crippen molar-refractivity contribution in [1.29, 1.82) is 0 Å². The molecule has 0 aliphatic heterocycles. The number of para-hydroxylation sites is 1. The van der Waals surface area contributed by atoms with Crippen molar-refractivity contribution in [3.63, 3.8) is 0 Å². The summed E-state index contributed by atoms with van der Waals surface area (Å²) in [5.41, 5.74) is 1.37. The summed E-state index contributed by atoms with van der Waals surface area (Å²) >= 11 is 0. The van der Waals surface area contributed by atoms with Gasteiger partial charge in [0.05, 0.1) is 18.7 Å². The fourth-order valence-corrected chi connectivity index (χ4v) is 2.48. The smallest absolute Gasteiger partial charge is 0.338 e. The summed E-state index contributed by atoms with van der Waals surface area (Å²) in [4.78, 5) is 35.9. The first kappa shape index (κ1) is 18.2. The maximum atomic E-state index is 12.1. The van der Waals surface area contributed by atoms with Crippen molar-refractivity contribution >= 4 is 34.4 Å². The monoisotopic (exact) mass is 366 g/mol. The molecule has 7 heteroatoms. The van der Waals surface area contributed by atoms with Crippen LogP contribution in [0.25, 0.3) is 11.0 Å². The van der Waals surface area contributed by atoms with Crippen LogP contribution in [0.3, 0.4) is 0 Å². The van der Waals surface area contributed by atoms with Crippen LogP contribution >= 0.6 is 0 Å². The highest BCUT2D eigenvalue weighted by Gasteiger charge is 2.14. The Bertz CT molecular complexity index is 960. The number of benzene rings is 2. The number of furan rings is 1. The SMILES string of the molecule is CCOC(=O)c1cccc(NC(=O)CNC(=O)c2cc3ccccc3o2)c1. The number of fused-ring (bicyclic) bond motifs is 1. The van der Waals surface area contributed by atoms with Gasteiger partial charge in [-0.05, 0) is 37.3 Å². The molecule has 1 heterocycles. The van der Waals surface area contributed by atoms with E-state index >= 15 is 0 Å². The van der Waals surface area contributed by atoms with Gasteiger partial charge in [0.2, 0.25) is 5.91 Å². The zero-order valence-corrected chi connectivity index (χ0v) is 14.7. The van der Waals surface area contributed by atoms with Gasteiger partial charge in [-0.15, -0.1) is 0 Å². The van der Waals surface area contributed by atoms with E-state index in [0.29, 0.717) is 16.8 Å². The van der Waals surface area contributed by atoms with Crippen LogP contribution in [0.15, 0.2) is 59.0 Å². The second-order valence-corrected chi connectivity index (χ2v) is 5.68. The molecule has 3 rings (SSSR count). The van der Waals surface area contributed by atoms with Gasteiger partial charge in [-0.2, -0.15) is 0 Å². The third-order valence-corrected chi connectivity index (χ3v) is 3.72. The van der Waals surface area contributed by atoms with Gasteiger partial charge in [0, 0.05) is 11.1 Å². The molecular weight excluding hydrogens is 348 g/mol. The van der Waals surface area contributed by atoms with Crippen molar-refractivity contribution in [1.82, 2.24) is 5.32 Å². The second kappa shape index (κ2) is 8.18. The summed E-state index contributed by atoms with van der Waals surface area (Å²) in [6, 6.07) is 15.2. The summed E-state index contributed by atoms with van der Waals surface area (Å²) in [6.45, 7) is 1.75. The number of anilines is 1. The van der Waals surface area contributed by atoms with Gasteiger partial charge >= 0.3 is 5.97 Å². The van der Waals surface area contributed by atoms with Gasteiger partial charge in [-0.3, -0.25) is 9.59 Å². The van der Waals surface area contributed by atoms with Crippen molar-refractivity contribution in [3.05, 3.63) is 65.9 Å². The topological polar surface area (TPSA) is 97.6 Å². The van der Waals surface area contributed by atoms with E-state index in [9.17, 15) is 14.4 Å². The zero-order valence-electron chi connectivity index (χ0n) is 14.7. The number of esters is 1. The molecule has 2 amide bonds. The van der Waals surface area contributed by atoms with Gasteiger partial charge in [-0.25, -0.2) is 4.79 Å². The normalized spacial score (nSPS) is 10.4. The maximum absolute atomic E-state index is 12.1. The zero-order chi connectivity index (χ0) is 19.2. The lowest BCUT2D eigenvalue weighted by atomic mass is 10.2. The lowest BCUT2D eigenvalue weighted by molar-refractivity contribution is -0.115. The minimum absolute atomic E-state index is 0.133. The average Bonchev–Trinajstić information content (AvgIpc) is 3.11. The molecule has 0 spiro atoms. The Hall–Kier alpha value is -3.61. The molecule has 0 atom stereocenters. The highest BCUT2D eigenvalue weighted by atomic mass is 16.5. The molecule has 1 aromatic heterocycles. The first-order valence-corrected chi connectivity index (χ1v) is 8.40. The minimum Gasteiger partial charge on any atom is -0.462 e. The Kier molecular flexibility index (Phi) is 5.51. The quantitative estimate of drug-likeness (QED) is 0.654. The number of carbonyl (C=O) groups excluding carboxylic acids is 3. The first-order chi connectivity index (χ1) is 13.1. The molecule has 2 N–H and O–H groups in total. The van der Waals surface area contributed by atoms with Crippen molar-refractivity contribution in [3.8, 4) is 0 Å². The number of hydrogen-bond acceptors (Lipinski definition) is 5. The predicted molar refractivity (Wildman–Crippen MR) is 99.6 cm³/mol. The Balaban J connectivity index is 1.57. The first-order valence-electron chi connectivity index (χ1n) is 8.40. The van der Waals surface area contributed by atoms with Crippen LogP contribution in [0, 0.1) is 0 Å². The van der Waals surface area contributed by atoms with E-state index in [0.717, 1.165) is 5.39 Å². The molecule has 27 heavy (non-hydrogen) atoms. The van der Waals surface area contributed by atoms with E-state index < -0.39 is 17.8 Å². The summed E-state index contributed by atoms with van der Waals surface area (Å²) in [7, 11) is 0. The molecule has 0 radical (unpaired) electrons. The van der Waals surface area contributed by atoms with Crippen LogP contribution in [0.2, 0.25) is 0 Å². The Morgan fingerprint density at radius 3 is 2.63 bits per heavy atom. The van der Waals surface area contributed by atoms with E-state index in [1.54, 1.807) is 37.3 Å². The van der Waals surface area contributed by atoms with E-state index in [1.807, 2.05) is 18.2 Å². The van der Waals surface area contributed by atoms with Crippen LogP contribution < -0.4 is 10.6 Å². The van der Waals surface area contributed by atoms with Gasteiger partial charge in [0.25, 0.3) is 5.91 Å². The molecule has 2 aromatic carbocycles. The fraction of sp³-hybridized carbons (Fsp3) is 0.150. The number of amides is 2. The van der Waals surface area contributed by atoms with Crippen molar-refractivity contribution in [2.75, 3.05) is 18.5 Å². The van der Waals surface area contributed by atoms with Gasteiger partial charge in [0.15, 0.2) is 5.76 Å². The second-order valence-electron chi connectivity index (χ2n) is 5.68. The van der Waals surface area contributed by atoms with E-state index in [-0.39, 0.29) is 18.9 Å².